The van der Waals surface area contributed by atoms with E-state index in [1.165, 1.54) is 37.8 Å². The van der Waals surface area contributed by atoms with Crippen LogP contribution in [-0.4, -0.2) is 11.8 Å². The van der Waals surface area contributed by atoms with E-state index >= 15 is 17.6 Å². The molecule has 4 aliphatic rings. The van der Waals surface area contributed by atoms with Crippen molar-refractivity contribution < 1.29 is 17.6 Å². The number of hydrogen-bond donors (Lipinski definition) is 0. The standard InChI is InChI=1S/C26H38F4/c1-17-3-7-19(8-4-17)20-11-13-22(14-12-20)24-16-15-23(25(27,28)26(24,29)30)21-9-5-18(2)6-10-21/h15-22H,3-14H2,1-2H3. The lowest BCUT2D eigenvalue weighted by Crippen LogP contribution is -2.49. The Labute approximate surface area is 179 Å². The highest BCUT2D eigenvalue weighted by atomic mass is 19.3. The minimum absolute atomic E-state index is 0.295. The van der Waals surface area contributed by atoms with Gasteiger partial charge in [-0.15, -0.1) is 0 Å². The number of alkyl halides is 4. The van der Waals surface area contributed by atoms with Crippen molar-refractivity contribution in [2.24, 2.45) is 35.5 Å². The molecule has 0 nitrogen and oxygen atoms in total. The van der Waals surface area contributed by atoms with Crippen molar-refractivity contribution in [2.45, 2.75) is 103 Å². The van der Waals surface area contributed by atoms with Gasteiger partial charge in [0.25, 0.3) is 0 Å². The Balaban J connectivity index is 1.45. The van der Waals surface area contributed by atoms with Crippen LogP contribution in [0, 0.1) is 35.5 Å². The Hall–Kier alpha value is -0.800. The van der Waals surface area contributed by atoms with Crippen molar-refractivity contribution in [3.05, 3.63) is 23.3 Å². The quantitative estimate of drug-likeness (QED) is 0.396. The molecule has 0 spiro atoms. The summed E-state index contributed by atoms with van der Waals surface area (Å²) in [4.78, 5) is 0. The molecule has 4 rings (SSSR count). The third-order valence-electron chi connectivity index (χ3n) is 8.96. The van der Waals surface area contributed by atoms with Crippen molar-refractivity contribution in [2.75, 3.05) is 0 Å². The van der Waals surface area contributed by atoms with Gasteiger partial charge in [-0.05, 0) is 86.9 Å². The van der Waals surface area contributed by atoms with Crippen molar-refractivity contribution in [3.63, 3.8) is 0 Å². The monoisotopic (exact) mass is 426 g/mol. The summed E-state index contributed by atoms with van der Waals surface area (Å²) in [7, 11) is 0. The summed E-state index contributed by atoms with van der Waals surface area (Å²) in [5.41, 5.74) is -0.607. The maximum atomic E-state index is 15.1. The van der Waals surface area contributed by atoms with E-state index in [0.717, 1.165) is 31.6 Å². The first-order valence-corrected chi connectivity index (χ1v) is 12.4. The van der Waals surface area contributed by atoms with Gasteiger partial charge >= 0.3 is 11.8 Å². The fraction of sp³-hybridized carbons (Fsp3) is 0.846. The van der Waals surface area contributed by atoms with Crippen LogP contribution in [0.1, 0.15) is 90.9 Å². The van der Waals surface area contributed by atoms with Gasteiger partial charge < -0.3 is 0 Å². The van der Waals surface area contributed by atoms with Crippen LogP contribution in [0.25, 0.3) is 0 Å². The van der Waals surface area contributed by atoms with Crippen molar-refractivity contribution >= 4 is 0 Å². The number of allylic oxidation sites excluding steroid dienone is 4. The zero-order chi connectivity index (χ0) is 21.5. The van der Waals surface area contributed by atoms with E-state index in [1.54, 1.807) is 0 Å². The summed E-state index contributed by atoms with van der Waals surface area (Å²) < 4.78 is 60.5. The van der Waals surface area contributed by atoms with Crippen molar-refractivity contribution in [1.82, 2.24) is 0 Å². The van der Waals surface area contributed by atoms with E-state index < -0.39 is 23.7 Å². The predicted octanol–water partition coefficient (Wildman–Crippen LogP) is 8.58. The fourth-order valence-electron chi connectivity index (χ4n) is 6.77. The van der Waals surface area contributed by atoms with Gasteiger partial charge in [0.2, 0.25) is 0 Å². The number of hydrogen-bond acceptors (Lipinski definition) is 0. The molecular formula is C26H38F4. The Kier molecular flexibility index (Phi) is 6.43. The van der Waals surface area contributed by atoms with Crippen LogP contribution < -0.4 is 0 Å². The van der Waals surface area contributed by atoms with E-state index in [4.69, 9.17) is 0 Å². The number of rotatable bonds is 3. The molecule has 0 amide bonds. The Morgan fingerprint density at radius 3 is 1.23 bits per heavy atom. The lowest BCUT2D eigenvalue weighted by molar-refractivity contribution is -0.173. The molecule has 0 bridgehead atoms. The summed E-state index contributed by atoms with van der Waals surface area (Å²) >= 11 is 0. The lowest BCUT2D eigenvalue weighted by Gasteiger charge is -2.42. The van der Waals surface area contributed by atoms with Crippen LogP contribution in [0.4, 0.5) is 17.6 Å². The fourth-order valence-corrected chi connectivity index (χ4v) is 6.77. The lowest BCUT2D eigenvalue weighted by atomic mass is 9.66. The van der Waals surface area contributed by atoms with Crippen LogP contribution in [-0.2, 0) is 0 Å². The summed E-state index contributed by atoms with van der Waals surface area (Å²) in [5, 5.41) is 0. The maximum absolute atomic E-state index is 15.1. The molecule has 0 heterocycles. The van der Waals surface area contributed by atoms with Gasteiger partial charge in [-0.25, -0.2) is 0 Å². The van der Waals surface area contributed by atoms with E-state index in [9.17, 15) is 0 Å². The highest BCUT2D eigenvalue weighted by Gasteiger charge is 2.64. The maximum Gasteiger partial charge on any atom is 0.336 e. The first-order valence-electron chi connectivity index (χ1n) is 12.4. The summed E-state index contributed by atoms with van der Waals surface area (Å²) in [6.45, 7) is 4.42. The first kappa shape index (κ1) is 22.4. The molecule has 170 valence electrons. The molecule has 4 heteroatoms. The van der Waals surface area contributed by atoms with Gasteiger partial charge in [0.1, 0.15) is 0 Å². The van der Waals surface area contributed by atoms with E-state index in [1.807, 2.05) is 0 Å². The van der Waals surface area contributed by atoms with E-state index in [2.05, 4.69) is 13.8 Å². The molecular weight excluding hydrogens is 388 g/mol. The molecule has 0 aromatic heterocycles. The smallest absolute Gasteiger partial charge is 0.194 e. The molecule has 0 unspecified atom stereocenters. The average Bonchev–Trinajstić information content (AvgIpc) is 2.72. The molecule has 3 fully saturated rings. The van der Waals surface area contributed by atoms with Gasteiger partial charge in [0, 0.05) is 11.1 Å². The van der Waals surface area contributed by atoms with Gasteiger partial charge in [0.05, 0.1) is 0 Å². The summed E-state index contributed by atoms with van der Waals surface area (Å²) in [6.07, 6.45) is 13.8. The van der Waals surface area contributed by atoms with Gasteiger partial charge in [-0.2, -0.15) is 17.6 Å². The normalized spacial score (nSPS) is 41.7. The van der Waals surface area contributed by atoms with Crippen LogP contribution in [0.5, 0.6) is 0 Å². The first-order chi connectivity index (χ1) is 14.2. The third-order valence-corrected chi connectivity index (χ3v) is 8.96. The Morgan fingerprint density at radius 2 is 0.833 bits per heavy atom. The topological polar surface area (TPSA) is 0 Å². The van der Waals surface area contributed by atoms with Gasteiger partial charge in [0.15, 0.2) is 0 Å². The van der Waals surface area contributed by atoms with Crippen molar-refractivity contribution in [3.8, 4) is 0 Å². The predicted molar refractivity (Wildman–Crippen MR) is 114 cm³/mol. The second-order valence-corrected chi connectivity index (χ2v) is 11.0. The third kappa shape index (κ3) is 4.13. The average molecular weight is 427 g/mol. The molecule has 4 aliphatic carbocycles. The molecule has 0 aromatic carbocycles. The SMILES string of the molecule is CC1CCC(C2=CC=C(C3CCC(C4CCC(C)CC4)CC3)C(F)(F)C2(F)F)CC1. The molecule has 30 heavy (non-hydrogen) atoms. The molecule has 3 saturated carbocycles. The van der Waals surface area contributed by atoms with Crippen LogP contribution in [0.3, 0.4) is 0 Å². The van der Waals surface area contributed by atoms with E-state index in [0.29, 0.717) is 43.4 Å². The van der Waals surface area contributed by atoms with Crippen LogP contribution >= 0.6 is 0 Å². The number of halogens is 4. The van der Waals surface area contributed by atoms with Gasteiger partial charge in [-0.1, -0.05) is 51.7 Å². The zero-order valence-corrected chi connectivity index (χ0v) is 18.6. The summed E-state index contributed by atoms with van der Waals surface area (Å²) in [6, 6.07) is 0. The molecule has 0 radical (unpaired) electrons. The molecule has 0 atom stereocenters. The molecule has 0 N–H and O–H groups in total. The summed E-state index contributed by atoms with van der Waals surface area (Å²) in [5.74, 6) is -6.26. The Morgan fingerprint density at radius 1 is 0.533 bits per heavy atom. The highest BCUT2D eigenvalue weighted by Crippen LogP contribution is 2.55. The van der Waals surface area contributed by atoms with Crippen LogP contribution in [0.2, 0.25) is 0 Å². The zero-order valence-electron chi connectivity index (χ0n) is 18.6. The second-order valence-electron chi connectivity index (χ2n) is 11.0. The highest BCUT2D eigenvalue weighted by molar-refractivity contribution is 5.40. The molecule has 0 aliphatic heterocycles. The minimum Gasteiger partial charge on any atom is -0.194 e. The van der Waals surface area contributed by atoms with Crippen LogP contribution in [0.15, 0.2) is 23.3 Å². The van der Waals surface area contributed by atoms with E-state index in [-0.39, 0.29) is 11.1 Å². The van der Waals surface area contributed by atoms with Crippen molar-refractivity contribution in [1.29, 1.82) is 0 Å². The second kappa shape index (κ2) is 8.62. The molecule has 0 saturated heterocycles. The largest absolute Gasteiger partial charge is 0.336 e. The van der Waals surface area contributed by atoms with Gasteiger partial charge in [-0.3, -0.25) is 0 Å². The molecule has 0 aromatic rings. The Bertz CT molecular complexity index is 653. The minimum atomic E-state index is -4.04.